The molecule has 76 valence electrons. The van der Waals surface area contributed by atoms with Gasteiger partial charge in [-0.05, 0) is 0 Å². The molecule has 4 atom stereocenters. The molecular weight excluding hydrogens is 231 g/mol. The fraction of sp³-hybridized carbons (Fsp3) is 1.00. The molecular formula is C6H15NO5Zn. The first-order valence-electron chi connectivity index (χ1n) is 3.57. The topological polar surface area (TPSA) is 127 Å². The summed E-state index contributed by atoms with van der Waals surface area (Å²) in [4.78, 5) is 0. The van der Waals surface area contributed by atoms with E-state index in [1.54, 1.807) is 0 Å². The molecule has 0 amide bonds. The van der Waals surface area contributed by atoms with Crippen molar-refractivity contribution in [2.45, 2.75) is 24.4 Å². The standard InChI is InChI=1S/C6H15NO5.Zn/c7-1-3(9)5(11)6(12)4(10)2-8;/h3-6,8-12H,1-2,7H2;/t3-,4+,5+,6+;/m0./s1. The second kappa shape index (κ2) is 7.76. The maximum atomic E-state index is 9.04. The van der Waals surface area contributed by atoms with E-state index in [2.05, 4.69) is 0 Å². The molecule has 0 unspecified atom stereocenters. The summed E-state index contributed by atoms with van der Waals surface area (Å²) in [6.07, 6.45) is -5.91. The minimum absolute atomic E-state index is 0. The zero-order valence-electron chi connectivity index (χ0n) is 7.24. The molecule has 0 fully saturated rings. The van der Waals surface area contributed by atoms with E-state index < -0.39 is 31.0 Å². The molecule has 0 radical (unpaired) electrons. The maximum Gasteiger partial charge on any atom is 0.111 e. The number of rotatable bonds is 5. The van der Waals surface area contributed by atoms with Crippen molar-refractivity contribution in [2.75, 3.05) is 13.2 Å². The maximum absolute atomic E-state index is 9.04. The van der Waals surface area contributed by atoms with Crippen molar-refractivity contribution in [3.8, 4) is 0 Å². The van der Waals surface area contributed by atoms with Crippen LogP contribution in [0.4, 0.5) is 0 Å². The van der Waals surface area contributed by atoms with E-state index in [1.165, 1.54) is 0 Å². The van der Waals surface area contributed by atoms with Gasteiger partial charge in [0.2, 0.25) is 0 Å². The Morgan fingerprint density at radius 3 is 1.62 bits per heavy atom. The number of aliphatic hydroxyl groups excluding tert-OH is 5. The molecule has 0 aromatic heterocycles. The molecule has 0 aliphatic rings. The first-order valence-corrected chi connectivity index (χ1v) is 3.57. The molecule has 0 saturated heterocycles. The van der Waals surface area contributed by atoms with Crippen LogP contribution in [0.3, 0.4) is 0 Å². The van der Waals surface area contributed by atoms with Gasteiger partial charge < -0.3 is 31.3 Å². The Morgan fingerprint density at radius 2 is 1.31 bits per heavy atom. The average Bonchev–Trinajstić information content (AvgIpc) is 2.12. The summed E-state index contributed by atoms with van der Waals surface area (Å²) in [5.41, 5.74) is 4.99. The molecule has 0 heterocycles. The van der Waals surface area contributed by atoms with E-state index in [4.69, 9.17) is 31.3 Å². The summed E-state index contributed by atoms with van der Waals surface area (Å²) >= 11 is 0. The molecule has 7 heteroatoms. The molecule has 7 N–H and O–H groups in total. The van der Waals surface area contributed by atoms with Gasteiger partial charge in [0.05, 0.1) is 12.7 Å². The Balaban J connectivity index is 0. The zero-order valence-corrected chi connectivity index (χ0v) is 10.2. The minimum Gasteiger partial charge on any atom is -0.394 e. The van der Waals surface area contributed by atoms with Crippen LogP contribution < -0.4 is 5.73 Å². The van der Waals surface area contributed by atoms with Crippen LogP contribution in [0.1, 0.15) is 0 Å². The van der Waals surface area contributed by atoms with Gasteiger partial charge in [0.25, 0.3) is 0 Å². The third-order valence-electron chi connectivity index (χ3n) is 1.57. The van der Waals surface area contributed by atoms with Gasteiger partial charge in [0, 0.05) is 26.0 Å². The summed E-state index contributed by atoms with van der Waals surface area (Å²) in [6, 6.07) is 0. The number of hydrogen-bond donors (Lipinski definition) is 6. The fourth-order valence-corrected chi connectivity index (χ4v) is 0.703. The molecule has 0 saturated carbocycles. The first-order chi connectivity index (χ1) is 5.54. The van der Waals surface area contributed by atoms with Crippen LogP contribution in [0.15, 0.2) is 0 Å². The van der Waals surface area contributed by atoms with Crippen LogP contribution in [0.2, 0.25) is 0 Å². The monoisotopic (exact) mass is 245 g/mol. The van der Waals surface area contributed by atoms with Gasteiger partial charge in [0.1, 0.15) is 18.3 Å². The van der Waals surface area contributed by atoms with Gasteiger partial charge in [-0.2, -0.15) is 0 Å². The summed E-state index contributed by atoms with van der Waals surface area (Å²) < 4.78 is 0. The molecule has 0 aromatic carbocycles. The SMILES string of the molecule is NC[C@H](O)[C@@H](O)[C@H](O)[C@H](O)CO.[Zn]. The molecule has 13 heavy (non-hydrogen) atoms. The minimum atomic E-state index is -1.59. The number of aliphatic hydroxyl groups is 5. The molecule has 6 nitrogen and oxygen atoms in total. The van der Waals surface area contributed by atoms with Crippen LogP contribution in [-0.2, 0) is 19.5 Å². The Kier molecular flexibility index (Phi) is 9.45. The summed E-state index contributed by atoms with van der Waals surface area (Å²) in [6.45, 7) is -0.911. The van der Waals surface area contributed by atoms with E-state index in [-0.39, 0.29) is 26.0 Å². The van der Waals surface area contributed by atoms with Crippen molar-refractivity contribution in [3.63, 3.8) is 0 Å². The first kappa shape index (κ1) is 15.8. The van der Waals surface area contributed by atoms with Gasteiger partial charge in [-0.3, -0.25) is 0 Å². The van der Waals surface area contributed by atoms with E-state index in [9.17, 15) is 0 Å². The summed E-state index contributed by atoms with van der Waals surface area (Å²) in [7, 11) is 0. The van der Waals surface area contributed by atoms with Gasteiger partial charge in [0.15, 0.2) is 0 Å². The normalized spacial score (nSPS) is 19.8. The van der Waals surface area contributed by atoms with Crippen LogP contribution >= 0.6 is 0 Å². The van der Waals surface area contributed by atoms with Gasteiger partial charge in [-0.15, -0.1) is 0 Å². The predicted molar refractivity (Wildman–Crippen MR) is 40.2 cm³/mol. The molecule has 0 bridgehead atoms. The average molecular weight is 247 g/mol. The Bertz CT molecular complexity index is 114. The van der Waals surface area contributed by atoms with E-state index in [0.29, 0.717) is 0 Å². The van der Waals surface area contributed by atoms with E-state index in [0.717, 1.165) is 0 Å². The van der Waals surface area contributed by atoms with Crippen molar-refractivity contribution < 1.29 is 45.0 Å². The van der Waals surface area contributed by atoms with Crippen molar-refractivity contribution in [3.05, 3.63) is 0 Å². The Morgan fingerprint density at radius 1 is 0.923 bits per heavy atom. The second-order valence-corrected chi connectivity index (χ2v) is 2.53. The quantitative estimate of drug-likeness (QED) is 0.278. The van der Waals surface area contributed by atoms with Crippen molar-refractivity contribution in [2.24, 2.45) is 5.73 Å². The summed E-state index contributed by atoms with van der Waals surface area (Å²) in [5, 5.41) is 44.2. The molecule has 0 spiro atoms. The molecule has 0 rings (SSSR count). The van der Waals surface area contributed by atoms with Gasteiger partial charge in [-0.25, -0.2) is 0 Å². The second-order valence-electron chi connectivity index (χ2n) is 2.53. The van der Waals surface area contributed by atoms with Gasteiger partial charge in [-0.1, -0.05) is 0 Å². The zero-order chi connectivity index (χ0) is 9.72. The van der Waals surface area contributed by atoms with E-state index in [1.807, 2.05) is 0 Å². The molecule has 0 aromatic rings. The van der Waals surface area contributed by atoms with Crippen molar-refractivity contribution in [1.29, 1.82) is 0 Å². The van der Waals surface area contributed by atoms with Crippen LogP contribution in [-0.4, -0.2) is 63.1 Å². The largest absolute Gasteiger partial charge is 0.394 e. The fourth-order valence-electron chi connectivity index (χ4n) is 0.703. The Labute approximate surface area is 88.8 Å². The summed E-state index contributed by atoms with van der Waals surface area (Å²) in [5.74, 6) is 0. The van der Waals surface area contributed by atoms with Gasteiger partial charge >= 0.3 is 0 Å². The van der Waals surface area contributed by atoms with E-state index >= 15 is 0 Å². The van der Waals surface area contributed by atoms with Crippen LogP contribution in [0, 0.1) is 0 Å². The third kappa shape index (κ3) is 4.97. The smallest absolute Gasteiger partial charge is 0.111 e. The number of hydrogen-bond acceptors (Lipinski definition) is 6. The third-order valence-corrected chi connectivity index (χ3v) is 1.57. The number of nitrogens with two attached hydrogens (primary N) is 1. The van der Waals surface area contributed by atoms with Crippen LogP contribution in [0.25, 0.3) is 0 Å². The van der Waals surface area contributed by atoms with Crippen molar-refractivity contribution in [1.82, 2.24) is 0 Å². The molecule has 0 aliphatic heterocycles. The Hall–Kier alpha value is 0.383. The molecule has 0 aliphatic carbocycles. The van der Waals surface area contributed by atoms with Crippen molar-refractivity contribution >= 4 is 0 Å². The van der Waals surface area contributed by atoms with Crippen LogP contribution in [0.5, 0.6) is 0 Å². The predicted octanol–water partition coefficient (Wildman–Crippen LogP) is -3.62.